The molecule has 0 fully saturated rings. The number of hydrogen-bond donors (Lipinski definition) is 1. The first-order valence-corrected chi connectivity index (χ1v) is 5.19. The predicted octanol–water partition coefficient (Wildman–Crippen LogP) is 2.87. The Kier molecular flexibility index (Phi) is 3.27. The quantitative estimate of drug-likeness (QED) is 0.917. The number of hydrogen-bond acceptors (Lipinski definition) is 4. The van der Waals surface area contributed by atoms with Crippen LogP contribution >= 0.6 is 11.6 Å². The molecule has 0 aliphatic heterocycles. The molecule has 0 spiro atoms. The van der Waals surface area contributed by atoms with Crippen LogP contribution in [0.5, 0.6) is 0 Å². The van der Waals surface area contributed by atoms with Crippen LogP contribution < -0.4 is 5.73 Å². The average Bonchev–Trinajstić information content (AvgIpc) is 2.76. The van der Waals surface area contributed by atoms with Gasteiger partial charge in [0.15, 0.2) is 0 Å². The fraction of sp³-hybridized carbons (Fsp3) is 0.200. The summed E-state index contributed by atoms with van der Waals surface area (Å²) in [6.45, 7) is -0.0397. The molecule has 2 aromatic rings. The summed E-state index contributed by atoms with van der Waals surface area (Å²) in [5.41, 5.74) is 4.13. The topological polar surface area (TPSA) is 64.9 Å². The van der Waals surface area contributed by atoms with E-state index >= 15 is 0 Å². The molecule has 0 unspecified atom stereocenters. The van der Waals surface area contributed by atoms with E-state index < -0.39 is 11.7 Å². The largest absolute Gasteiger partial charge is 0.417 e. The maximum absolute atomic E-state index is 12.8. The Morgan fingerprint density at radius 1 is 1.33 bits per heavy atom. The van der Waals surface area contributed by atoms with Crippen molar-refractivity contribution >= 4 is 11.6 Å². The molecule has 1 aromatic carbocycles. The van der Waals surface area contributed by atoms with Crippen LogP contribution in [0, 0.1) is 0 Å². The number of halogens is 4. The van der Waals surface area contributed by atoms with Gasteiger partial charge in [0.2, 0.25) is 11.7 Å². The van der Waals surface area contributed by atoms with Crippen LogP contribution in [-0.2, 0) is 12.7 Å². The van der Waals surface area contributed by atoms with E-state index in [-0.39, 0.29) is 28.8 Å². The number of nitrogens with zero attached hydrogens (tertiary/aromatic N) is 2. The fourth-order valence-electron chi connectivity index (χ4n) is 1.39. The van der Waals surface area contributed by atoms with Crippen molar-refractivity contribution in [3.8, 4) is 11.4 Å². The summed E-state index contributed by atoms with van der Waals surface area (Å²) in [6, 6.07) is 3.33. The van der Waals surface area contributed by atoms with Crippen LogP contribution in [0.3, 0.4) is 0 Å². The van der Waals surface area contributed by atoms with Gasteiger partial charge in [-0.3, -0.25) is 0 Å². The second-order valence-electron chi connectivity index (χ2n) is 3.40. The van der Waals surface area contributed by atoms with E-state index in [0.717, 1.165) is 6.07 Å². The molecule has 96 valence electrons. The first kappa shape index (κ1) is 12.8. The molecule has 0 amide bonds. The van der Waals surface area contributed by atoms with Gasteiger partial charge in [-0.1, -0.05) is 16.8 Å². The van der Waals surface area contributed by atoms with Crippen LogP contribution in [0.4, 0.5) is 13.2 Å². The van der Waals surface area contributed by atoms with E-state index in [1.54, 1.807) is 0 Å². The fourth-order valence-corrected chi connectivity index (χ4v) is 1.57. The molecule has 4 nitrogen and oxygen atoms in total. The molecular weight excluding hydrogens is 271 g/mol. The van der Waals surface area contributed by atoms with Gasteiger partial charge in [0, 0.05) is 10.6 Å². The van der Waals surface area contributed by atoms with Gasteiger partial charge in [0.25, 0.3) is 0 Å². The van der Waals surface area contributed by atoms with Crippen molar-refractivity contribution in [1.82, 2.24) is 10.1 Å². The number of alkyl halides is 3. The molecule has 0 saturated carbocycles. The third-order valence-electron chi connectivity index (χ3n) is 2.17. The molecule has 0 aliphatic carbocycles. The van der Waals surface area contributed by atoms with Crippen LogP contribution in [-0.4, -0.2) is 10.1 Å². The lowest BCUT2D eigenvalue weighted by Gasteiger charge is -2.10. The van der Waals surface area contributed by atoms with Crippen molar-refractivity contribution in [1.29, 1.82) is 0 Å². The number of aromatic nitrogens is 2. The monoisotopic (exact) mass is 277 g/mol. The summed E-state index contributed by atoms with van der Waals surface area (Å²) in [4.78, 5) is 3.76. The first-order valence-electron chi connectivity index (χ1n) is 4.81. The molecule has 0 saturated heterocycles. The van der Waals surface area contributed by atoms with Gasteiger partial charge < -0.3 is 10.3 Å². The minimum absolute atomic E-state index is 0.0198. The zero-order valence-electron chi connectivity index (χ0n) is 8.83. The lowest BCUT2D eigenvalue weighted by molar-refractivity contribution is -0.137. The highest BCUT2D eigenvalue weighted by molar-refractivity contribution is 6.30. The van der Waals surface area contributed by atoms with Crippen LogP contribution in [0.15, 0.2) is 22.7 Å². The normalized spacial score (nSPS) is 11.8. The van der Waals surface area contributed by atoms with E-state index in [1.165, 1.54) is 12.1 Å². The van der Waals surface area contributed by atoms with Crippen LogP contribution in [0.2, 0.25) is 5.02 Å². The smallest absolute Gasteiger partial charge is 0.338 e. The van der Waals surface area contributed by atoms with E-state index in [4.69, 9.17) is 17.3 Å². The van der Waals surface area contributed by atoms with E-state index in [0.29, 0.717) is 0 Å². The molecule has 1 heterocycles. The molecule has 0 aliphatic rings. The van der Waals surface area contributed by atoms with Crippen LogP contribution in [0.25, 0.3) is 11.4 Å². The van der Waals surface area contributed by atoms with Gasteiger partial charge in [-0.15, -0.1) is 0 Å². The van der Waals surface area contributed by atoms with Gasteiger partial charge >= 0.3 is 6.18 Å². The highest BCUT2D eigenvalue weighted by Gasteiger charge is 2.35. The maximum Gasteiger partial charge on any atom is 0.417 e. The second kappa shape index (κ2) is 4.58. The summed E-state index contributed by atoms with van der Waals surface area (Å²) in [5.74, 6) is -0.104. The lowest BCUT2D eigenvalue weighted by Crippen LogP contribution is -2.07. The van der Waals surface area contributed by atoms with Crippen LogP contribution in [0.1, 0.15) is 11.5 Å². The minimum Gasteiger partial charge on any atom is -0.338 e. The lowest BCUT2D eigenvalue weighted by atomic mass is 10.1. The van der Waals surface area contributed by atoms with Crippen molar-refractivity contribution in [3.63, 3.8) is 0 Å². The Morgan fingerprint density at radius 3 is 2.61 bits per heavy atom. The Hall–Kier alpha value is -1.60. The zero-order valence-corrected chi connectivity index (χ0v) is 9.59. The SMILES string of the molecule is NCc1nc(-c2ccc(Cl)cc2C(F)(F)F)no1. The summed E-state index contributed by atoms with van der Waals surface area (Å²) < 4.78 is 43.2. The Bertz CT molecular complexity index is 568. The molecule has 2 rings (SSSR count). The standard InChI is InChI=1S/C10H7ClF3N3O/c11-5-1-2-6(7(3-5)10(12,13)14)9-16-8(4-15)18-17-9/h1-3H,4,15H2. The van der Waals surface area contributed by atoms with E-state index in [2.05, 4.69) is 14.7 Å². The van der Waals surface area contributed by atoms with Gasteiger partial charge in [0.05, 0.1) is 12.1 Å². The minimum atomic E-state index is -4.55. The summed E-state index contributed by atoms with van der Waals surface area (Å²) in [5, 5.41) is 3.43. The number of benzene rings is 1. The van der Waals surface area contributed by atoms with Crippen molar-refractivity contribution in [3.05, 3.63) is 34.7 Å². The second-order valence-corrected chi connectivity index (χ2v) is 3.84. The summed E-state index contributed by atoms with van der Waals surface area (Å²) >= 11 is 5.56. The average molecular weight is 278 g/mol. The highest BCUT2D eigenvalue weighted by Crippen LogP contribution is 2.37. The molecule has 18 heavy (non-hydrogen) atoms. The molecule has 0 bridgehead atoms. The van der Waals surface area contributed by atoms with Crippen molar-refractivity contribution in [2.24, 2.45) is 5.73 Å². The zero-order chi connectivity index (χ0) is 13.3. The third kappa shape index (κ3) is 2.46. The number of rotatable bonds is 2. The van der Waals surface area contributed by atoms with Crippen molar-refractivity contribution in [2.75, 3.05) is 0 Å². The maximum atomic E-state index is 12.8. The third-order valence-corrected chi connectivity index (χ3v) is 2.41. The van der Waals surface area contributed by atoms with Crippen molar-refractivity contribution in [2.45, 2.75) is 12.7 Å². The van der Waals surface area contributed by atoms with Crippen molar-refractivity contribution < 1.29 is 17.7 Å². The highest BCUT2D eigenvalue weighted by atomic mass is 35.5. The molecular formula is C10H7ClF3N3O. The van der Waals surface area contributed by atoms with E-state index in [1.807, 2.05) is 0 Å². The summed E-state index contributed by atoms with van der Waals surface area (Å²) in [7, 11) is 0. The Balaban J connectivity index is 2.56. The Morgan fingerprint density at radius 2 is 2.06 bits per heavy atom. The first-order chi connectivity index (χ1) is 8.41. The van der Waals surface area contributed by atoms with Gasteiger partial charge in [-0.2, -0.15) is 18.2 Å². The predicted molar refractivity (Wildman–Crippen MR) is 57.6 cm³/mol. The molecule has 0 atom stereocenters. The number of nitrogens with two attached hydrogens (primary N) is 1. The Labute approximate surface area is 105 Å². The van der Waals surface area contributed by atoms with E-state index in [9.17, 15) is 13.2 Å². The van der Waals surface area contributed by atoms with Gasteiger partial charge in [-0.05, 0) is 18.2 Å². The van der Waals surface area contributed by atoms with Gasteiger partial charge in [0.1, 0.15) is 0 Å². The molecule has 1 aromatic heterocycles. The van der Waals surface area contributed by atoms with Gasteiger partial charge in [-0.25, -0.2) is 0 Å². The summed E-state index contributed by atoms with van der Waals surface area (Å²) in [6.07, 6.45) is -4.55. The molecule has 0 radical (unpaired) electrons. The molecule has 8 heteroatoms. The molecule has 2 N–H and O–H groups in total.